The van der Waals surface area contributed by atoms with E-state index in [1.165, 1.54) is 0 Å². The second kappa shape index (κ2) is 4.67. The van der Waals surface area contributed by atoms with Gasteiger partial charge in [-0.15, -0.1) is 0 Å². The van der Waals surface area contributed by atoms with Gasteiger partial charge in [0.1, 0.15) is 0 Å². The van der Waals surface area contributed by atoms with Gasteiger partial charge in [0.2, 0.25) is 0 Å². The second-order valence-electron chi connectivity index (χ2n) is 5.72. The summed E-state index contributed by atoms with van der Waals surface area (Å²) in [6.45, 7) is 9.58. The summed E-state index contributed by atoms with van der Waals surface area (Å²) < 4.78 is 16.7. The Hall–Kier alpha value is -0.870. The predicted octanol–water partition coefficient (Wildman–Crippen LogP) is 2.43. The Balaban J connectivity index is 2.31. The number of carbonyl (C=O) groups excluding carboxylic acids is 1. The molecule has 2 rings (SSSR count). The van der Waals surface area contributed by atoms with Gasteiger partial charge in [-0.05, 0) is 13.8 Å². The third-order valence-corrected chi connectivity index (χ3v) is 3.64. The number of carbonyl (C=O) groups is 1. The first-order valence-electron chi connectivity index (χ1n) is 6.55. The quantitative estimate of drug-likeness (QED) is 0.710. The molecule has 1 aliphatic carbocycles. The van der Waals surface area contributed by atoms with Crippen molar-refractivity contribution >= 4 is 5.97 Å². The number of ether oxygens (including phenoxy) is 3. The molecular formula is C14H22O4. The molecule has 0 atom stereocenters. The fraction of sp³-hybridized carbons (Fsp3) is 0.786. The molecule has 102 valence electrons. The molecule has 0 unspecified atom stereocenters. The zero-order chi connectivity index (χ0) is 13.4. The summed E-state index contributed by atoms with van der Waals surface area (Å²) in [7, 11) is 0. The van der Waals surface area contributed by atoms with Crippen LogP contribution in [0.3, 0.4) is 0 Å². The maximum absolute atomic E-state index is 12.1. The molecule has 1 aliphatic heterocycles. The Morgan fingerprint density at radius 1 is 1.33 bits per heavy atom. The van der Waals surface area contributed by atoms with E-state index in [2.05, 4.69) is 13.8 Å². The molecule has 1 fully saturated rings. The minimum absolute atomic E-state index is 0.201. The van der Waals surface area contributed by atoms with Gasteiger partial charge >= 0.3 is 5.97 Å². The van der Waals surface area contributed by atoms with Crippen LogP contribution < -0.4 is 0 Å². The first-order valence-corrected chi connectivity index (χ1v) is 6.55. The van der Waals surface area contributed by atoms with E-state index in [1.807, 2.05) is 13.8 Å². The molecule has 0 saturated carbocycles. The molecule has 1 heterocycles. The molecule has 0 aromatic carbocycles. The highest BCUT2D eigenvalue weighted by Gasteiger charge is 2.49. The Bertz CT molecular complexity index is 375. The molecule has 1 saturated heterocycles. The molecule has 0 N–H and O–H groups in total. The molecule has 0 radical (unpaired) electrons. The number of rotatable bonds is 2. The Morgan fingerprint density at radius 3 is 2.44 bits per heavy atom. The van der Waals surface area contributed by atoms with Gasteiger partial charge in [0.25, 0.3) is 0 Å². The monoisotopic (exact) mass is 254 g/mol. The zero-order valence-electron chi connectivity index (χ0n) is 11.7. The highest BCUT2D eigenvalue weighted by molar-refractivity contribution is 5.91. The molecule has 4 heteroatoms. The van der Waals surface area contributed by atoms with E-state index in [-0.39, 0.29) is 11.4 Å². The molecule has 2 aliphatic rings. The average molecular weight is 254 g/mol. The van der Waals surface area contributed by atoms with Crippen LogP contribution in [-0.4, -0.2) is 31.6 Å². The van der Waals surface area contributed by atoms with Gasteiger partial charge in [-0.1, -0.05) is 19.4 Å². The molecule has 0 amide bonds. The van der Waals surface area contributed by atoms with Crippen molar-refractivity contribution in [2.24, 2.45) is 5.41 Å². The summed E-state index contributed by atoms with van der Waals surface area (Å²) in [6.07, 6.45) is 1.36. The Kier molecular flexibility index (Phi) is 3.52. The lowest BCUT2D eigenvalue weighted by atomic mass is 9.70. The third-order valence-electron chi connectivity index (χ3n) is 3.64. The molecule has 0 bridgehead atoms. The molecular weight excluding hydrogens is 232 g/mol. The normalized spacial score (nSPS) is 25.6. The van der Waals surface area contributed by atoms with Gasteiger partial charge in [0.15, 0.2) is 5.79 Å². The average Bonchev–Trinajstić information content (AvgIpc) is 2.63. The van der Waals surface area contributed by atoms with Gasteiger partial charge in [0, 0.05) is 23.8 Å². The maximum Gasteiger partial charge on any atom is 0.334 e. The van der Waals surface area contributed by atoms with Crippen LogP contribution in [0.2, 0.25) is 0 Å². The zero-order valence-corrected chi connectivity index (χ0v) is 11.7. The van der Waals surface area contributed by atoms with Crippen LogP contribution in [0, 0.1) is 5.41 Å². The minimum atomic E-state index is -0.524. The van der Waals surface area contributed by atoms with Gasteiger partial charge in [-0.2, -0.15) is 0 Å². The van der Waals surface area contributed by atoms with Crippen LogP contribution >= 0.6 is 0 Å². The number of hydrogen-bond acceptors (Lipinski definition) is 4. The number of esters is 1. The third kappa shape index (κ3) is 2.31. The van der Waals surface area contributed by atoms with E-state index < -0.39 is 5.79 Å². The maximum atomic E-state index is 12.1. The van der Waals surface area contributed by atoms with Crippen LogP contribution in [0.4, 0.5) is 0 Å². The molecule has 0 aromatic rings. The van der Waals surface area contributed by atoms with Crippen molar-refractivity contribution in [1.82, 2.24) is 0 Å². The van der Waals surface area contributed by atoms with E-state index in [0.717, 1.165) is 11.1 Å². The summed E-state index contributed by atoms with van der Waals surface area (Å²) >= 11 is 0. The van der Waals surface area contributed by atoms with Gasteiger partial charge in [-0.25, -0.2) is 4.79 Å². The van der Waals surface area contributed by atoms with Crippen LogP contribution in [0.1, 0.15) is 40.5 Å². The van der Waals surface area contributed by atoms with Crippen molar-refractivity contribution in [3.8, 4) is 0 Å². The van der Waals surface area contributed by atoms with Crippen LogP contribution in [0.15, 0.2) is 11.1 Å². The fourth-order valence-electron chi connectivity index (χ4n) is 3.25. The van der Waals surface area contributed by atoms with E-state index >= 15 is 0 Å². The van der Waals surface area contributed by atoms with Crippen molar-refractivity contribution in [3.05, 3.63) is 11.1 Å². The van der Waals surface area contributed by atoms with E-state index in [9.17, 15) is 4.79 Å². The van der Waals surface area contributed by atoms with E-state index in [0.29, 0.717) is 32.7 Å². The highest BCUT2D eigenvalue weighted by atomic mass is 16.7. The van der Waals surface area contributed by atoms with Crippen molar-refractivity contribution in [1.29, 1.82) is 0 Å². The van der Waals surface area contributed by atoms with Crippen molar-refractivity contribution in [2.45, 2.75) is 46.3 Å². The summed E-state index contributed by atoms with van der Waals surface area (Å²) in [4.78, 5) is 12.1. The van der Waals surface area contributed by atoms with Gasteiger partial charge in [-0.3, -0.25) is 0 Å². The smallest absolute Gasteiger partial charge is 0.334 e. The SMILES string of the molecule is CCOC(=O)C1=C(C)CC2(CC1(C)C)OCCO2. The molecule has 1 spiro atoms. The van der Waals surface area contributed by atoms with Crippen LogP contribution in [0.5, 0.6) is 0 Å². The Labute approximate surface area is 108 Å². The largest absolute Gasteiger partial charge is 0.463 e. The topological polar surface area (TPSA) is 44.8 Å². The van der Waals surface area contributed by atoms with Crippen LogP contribution in [-0.2, 0) is 19.0 Å². The summed E-state index contributed by atoms with van der Waals surface area (Å²) in [5.74, 6) is -0.725. The standard InChI is InChI=1S/C14H22O4/c1-5-16-12(15)11-10(2)8-14(9-13(11,3)4)17-6-7-18-14/h5-9H2,1-4H3. The molecule has 4 nitrogen and oxygen atoms in total. The van der Waals surface area contributed by atoms with Crippen molar-refractivity contribution in [2.75, 3.05) is 19.8 Å². The first kappa shape index (κ1) is 13.6. The molecule has 0 aromatic heterocycles. The lowest BCUT2D eigenvalue weighted by Gasteiger charge is -2.42. The second-order valence-corrected chi connectivity index (χ2v) is 5.72. The first-order chi connectivity index (χ1) is 8.40. The predicted molar refractivity (Wildman–Crippen MR) is 67.0 cm³/mol. The lowest BCUT2D eigenvalue weighted by Crippen LogP contribution is -2.43. The number of hydrogen-bond donors (Lipinski definition) is 0. The van der Waals surface area contributed by atoms with Crippen molar-refractivity contribution < 1.29 is 19.0 Å². The lowest BCUT2D eigenvalue weighted by molar-refractivity contribution is -0.180. The van der Waals surface area contributed by atoms with E-state index in [4.69, 9.17) is 14.2 Å². The van der Waals surface area contributed by atoms with Crippen molar-refractivity contribution in [3.63, 3.8) is 0 Å². The van der Waals surface area contributed by atoms with Gasteiger partial charge < -0.3 is 14.2 Å². The Morgan fingerprint density at radius 2 is 1.94 bits per heavy atom. The summed E-state index contributed by atoms with van der Waals surface area (Å²) in [5.41, 5.74) is 1.53. The van der Waals surface area contributed by atoms with E-state index in [1.54, 1.807) is 0 Å². The summed E-state index contributed by atoms with van der Waals surface area (Å²) in [6, 6.07) is 0. The summed E-state index contributed by atoms with van der Waals surface area (Å²) in [5, 5.41) is 0. The minimum Gasteiger partial charge on any atom is -0.463 e. The highest BCUT2D eigenvalue weighted by Crippen LogP contribution is 2.48. The fourth-order valence-corrected chi connectivity index (χ4v) is 3.25. The molecule has 18 heavy (non-hydrogen) atoms. The van der Waals surface area contributed by atoms with Gasteiger partial charge in [0.05, 0.1) is 19.8 Å². The van der Waals surface area contributed by atoms with Crippen LogP contribution in [0.25, 0.3) is 0 Å².